The Hall–Kier alpha value is -0.0700. The van der Waals surface area contributed by atoms with Gasteiger partial charge in [0.25, 0.3) is 0 Å². The molecule has 0 aliphatic carbocycles. The highest BCUT2D eigenvalue weighted by Gasteiger charge is 1.96. The van der Waals surface area contributed by atoms with Gasteiger partial charge in [0.05, 0.1) is 7.11 Å². The molecule has 1 aromatic carbocycles. The number of benzene rings is 1. The topological polar surface area (TPSA) is 9.23 Å². The molecule has 0 aromatic heterocycles. The molecule has 3 heteroatoms. The number of rotatable bonds is 5. The maximum atomic E-state index is 5.11. The van der Waals surface area contributed by atoms with Crippen molar-refractivity contribution in [3.63, 3.8) is 0 Å². The fraction of sp³-hybridized carbons (Fsp3) is 0.500. The first-order chi connectivity index (χ1) is 6.72. The Balaban J connectivity index is 0.00000196. The third kappa shape index (κ3) is 6.17. The minimum atomic E-state index is 0. The van der Waals surface area contributed by atoms with E-state index < -0.39 is 0 Å². The maximum Gasteiger partial charge on any atom is 0.118 e. The Morgan fingerprint density at radius 1 is 1.20 bits per heavy atom. The molecule has 86 valence electrons. The van der Waals surface area contributed by atoms with E-state index in [1.165, 1.54) is 17.9 Å². The van der Waals surface area contributed by atoms with Crippen molar-refractivity contribution < 1.29 is 4.74 Å². The molecule has 0 bridgehead atoms. The van der Waals surface area contributed by atoms with Gasteiger partial charge in [-0.15, -0.1) is 17.0 Å². The van der Waals surface area contributed by atoms with Gasteiger partial charge in [0.1, 0.15) is 5.75 Å². The molecule has 0 saturated carbocycles. The summed E-state index contributed by atoms with van der Waals surface area (Å²) in [7, 11) is 2.64. The van der Waals surface area contributed by atoms with E-state index in [9.17, 15) is 0 Å². The zero-order valence-corrected chi connectivity index (χ0v) is 12.3. The molecule has 0 radical (unpaired) electrons. The van der Waals surface area contributed by atoms with E-state index in [2.05, 4.69) is 26.0 Å². The summed E-state index contributed by atoms with van der Waals surface area (Å²) in [6.07, 6.45) is 2.63. The van der Waals surface area contributed by atoms with Crippen LogP contribution in [0, 0.1) is 5.92 Å². The van der Waals surface area contributed by atoms with Crippen LogP contribution in [0.25, 0.3) is 0 Å². The van der Waals surface area contributed by atoms with Crippen LogP contribution < -0.4 is 10.0 Å². The molecule has 0 N–H and O–H groups in total. The van der Waals surface area contributed by atoms with Crippen LogP contribution in [0.2, 0.25) is 0 Å². The lowest BCUT2D eigenvalue weighted by Crippen LogP contribution is -1.97. The number of methoxy groups -OCH3 is 1. The summed E-state index contributed by atoms with van der Waals surface area (Å²) >= 11 is 0. The van der Waals surface area contributed by atoms with E-state index in [0.717, 1.165) is 20.2 Å². The lowest BCUT2D eigenvalue weighted by atomic mass is 10.2. The summed E-state index contributed by atoms with van der Waals surface area (Å²) in [5.41, 5.74) is 0. The predicted octanol–water partition coefficient (Wildman–Crippen LogP) is 3.62. The first-order valence-corrected chi connectivity index (χ1v) is 6.31. The van der Waals surface area contributed by atoms with E-state index in [1.54, 1.807) is 7.11 Å². The molecule has 0 spiro atoms. The third-order valence-corrected chi connectivity index (χ3v) is 3.42. The number of ether oxygens (including phenoxy) is 1. The zero-order chi connectivity index (χ0) is 10.4. The van der Waals surface area contributed by atoms with Gasteiger partial charge in [-0.25, -0.2) is 0 Å². The van der Waals surface area contributed by atoms with Crippen molar-refractivity contribution in [2.24, 2.45) is 5.92 Å². The summed E-state index contributed by atoms with van der Waals surface area (Å²) in [4.78, 5) is 0. The van der Waals surface area contributed by atoms with Crippen molar-refractivity contribution in [1.29, 1.82) is 0 Å². The Kier molecular flexibility index (Phi) is 8.09. The van der Waals surface area contributed by atoms with E-state index in [0.29, 0.717) is 0 Å². The summed E-state index contributed by atoms with van der Waals surface area (Å²) in [6.45, 7) is 4.55. The molecule has 1 aromatic rings. The largest absolute Gasteiger partial charge is 0.497 e. The van der Waals surface area contributed by atoms with E-state index in [-0.39, 0.29) is 17.0 Å². The van der Waals surface area contributed by atoms with E-state index in [4.69, 9.17) is 4.74 Å². The fourth-order valence-corrected chi connectivity index (χ4v) is 2.63. The van der Waals surface area contributed by atoms with Gasteiger partial charge in [0.2, 0.25) is 0 Å². The second kappa shape index (κ2) is 8.13. The highest BCUT2D eigenvalue weighted by atomic mass is 79.9. The minimum absolute atomic E-state index is 0. The molecule has 0 amide bonds. The summed E-state index contributed by atoms with van der Waals surface area (Å²) in [5, 5.41) is 1.44. The Morgan fingerprint density at radius 3 is 2.27 bits per heavy atom. The van der Waals surface area contributed by atoms with Crippen molar-refractivity contribution in [2.45, 2.75) is 20.3 Å². The van der Waals surface area contributed by atoms with Gasteiger partial charge in [-0.2, -0.15) is 0 Å². The van der Waals surface area contributed by atoms with Crippen LogP contribution in [0.1, 0.15) is 20.3 Å². The second-order valence-electron chi connectivity index (χ2n) is 3.84. The molecule has 1 unspecified atom stereocenters. The standard InChI is InChI=1S/C12H19OP.BrH/c1-10(2)8-9-14-12-6-4-11(13-3)5-7-12;/h4-7,10,14H,8-9H2,1-3H3;1H. The number of hydrogen-bond donors (Lipinski definition) is 0. The van der Waals surface area contributed by atoms with Gasteiger partial charge in [-0.1, -0.05) is 34.6 Å². The quantitative estimate of drug-likeness (QED) is 0.753. The first kappa shape index (κ1) is 14.9. The molecule has 15 heavy (non-hydrogen) atoms. The lowest BCUT2D eigenvalue weighted by molar-refractivity contribution is 0.415. The summed E-state index contributed by atoms with van der Waals surface area (Å²) in [5.74, 6) is 1.77. The molecule has 1 rings (SSSR count). The Bertz CT molecular complexity index is 259. The maximum absolute atomic E-state index is 5.11. The van der Waals surface area contributed by atoms with Gasteiger partial charge in [-0.3, -0.25) is 0 Å². The van der Waals surface area contributed by atoms with E-state index >= 15 is 0 Å². The molecule has 0 heterocycles. The number of halogens is 1. The van der Waals surface area contributed by atoms with E-state index in [1.807, 2.05) is 12.1 Å². The van der Waals surface area contributed by atoms with Gasteiger partial charge in [-0.05, 0) is 35.9 Å². The van der Waals surface area contributed by atoms with Crippen LogP contribution in [0.4, 0.5) is 0 Å². The highest BCUT2D eigenvalue weighted by Crippen LogP contribution is 2.17. The van der Waals surface area contributed by atoms with Gasteiger partial charge in [0.15, 0.2) is 0 Å². The summed E-state index contributed by atoms with van der Waals surface area (Å²) in [6, 6.07) is 8.41. The zero-order valence-electron chi connectivity index (χ0n) is 9.62. The normalized spacial score (nSPS) is 10.7. The van der Waals surface area contributed by atoms with Crippen molar-refractivity contribution >= 4 is 30.9 Å². The van der Waals surface area contributed by atoms with Gasteiger partial charge < -0.3 is 4.74 Å². The SMILES string of the molecule is Br.COc1ccc(PCCC(C)C)cc1. The lowest BCUT2D eigenvalue weighted by Gasteiger charge is -2.05. The third-order valence-electron chi connectivity index (χ3n) is 2.14. The fourth-order valence-electron chi connectivity index (χ4n) is 1.21. The monoisotopic (exact) mass is 290 g/mol. The molecular weight excluding hydrogens is 271 g/mol. The number of hydrogen-bond acceptors (Lipinski definition) is 1. The van der Waals surface area contributed by atoms with Crippen LogP contribution in [-0.2, 0) is 0 Å². The molecule has 1 atom stereocenters. The van der Waals surface area contributed by atoms with Crippen molar-refractivity contribution in [3.05, 3.63) is 24.3 Å². The van der Waals surface area contributed by atoms with Crippen molar-refractivity contribution in [3.8, 4) is 5.75 Å². The van der Waals surface area contributed by atoms with Crippen molar-refractivity contribution in [2.75, 3.05) is 13.3 Å². The van der Waals surface area contributed by atoms with Gasteiger partial charge >= 0.3 is 0 Å². The van der Waals surface area contributed by atoms with Crippen LogP contribution >= 0.6 is 25.6 Å². The van der Waals surface area contributed by atoms with Crippen LogP contribution in [0.3, 0.4) is 0 Å². The molecule has 0 aliphatic heterocycles. The first-order valence-electron chi connectivity index (χ1n) is 5.10. The van der Waals surface area contributed by atoms with Crippen LogP contribution in [0.15, 0.2) is 24.3 Å². The molecular formula is C12H20BrOP. The molecule has 0 aliphatic rings. The smallest absolute Gasteiger partial charge is 0.118 e. The highest BCUT2D eigenvalue weighted by molar-refractivity contribution is 8.93. The summed E-state index contributed by atoms with van der Waals surface area (Å²) < 4.78 is 5.11. The Labute approximate surface area is 105 Å². The second-order valence-corrected chi connectivity index (χ2v) is 5.27. The average Bonchev–Trinajstić information content (AvgIpc) is 2.18. The molecule has 0 fully saturated rings. The van der Waals surface area contributed by atoms with Crippen LogP contribution in [-0.4, -0.2) is 13.3 Å². The molecule has 0 saturated heterocycles. The Morgan fingerprint density at radius 2 is 1.80 bits per heavy atom. The predicted molar refractivity (Wildman–Crippen MR) is 75.6 cm³/mol. The van der Waals surface area contributed by atoms with Crippen LogP contribution in [0.5, 0.6) is 5.75 Å². The van der Waals surface area contributed by atoms with Gasteiger partial charge in [0, 0.05) is 0 Å². The minimum Gasteiger partial charge on any atom is -0.497 e. The van der Waals surface area contributed by atoms with Crippen molar-refractivity contribution in [1.82, 2.24) is 0 Å². The average molecular weight is 291 g/mol. The molecule has 1 nitrogen and oxygen atoms in total.